The minimum atomic E-state index is -4.58. The van der Waals surface area contributed by atoms with Crippen molar-refractivity contribution in [1.29, 1.82) is 0 Å². The number of benzene rings is 2. The molecule has 0 saturated heterocycles. The van der Waals surface area contributed by atoms with E-state index in [9.17, 15) is 22.8 Å². The van der Waals surface area contributed by atoms with Crippen molar-refractivity contribution in [1.82, 2.24) is 24.8 Å². The van der Waals surface area contributed by atoms with Gasteiger partial charge in [-0.1, -0.05) is 12.1 Å². The Balaban J connectivity index is 1.43. The molecule has 3 heterocycles. The molecule has 40 heavy (non-hydrogen) atoms. The number of anilines is 1. The Morgan fingerprint density at radius 3 is 2.35 bits per heavy atom. The van der Waals surface area contributed by atoms with Crippen LogP contribution in [0.3, 0.4) is 0 Å². The van der Waals surface area contributed by atoms with Crippen LogP contribution in [0.5, 0.6) is 0 Å². The number of nitrogens with one attached hydrogen (secondary N) is 1. The van der Waals surface area contributed by atoms with E-state index in [0.29, 0.717) is 22.4 Å². The maximum absolute atomic E-state index is 13.3. The van der Waals surface area contributed by atoms with Gasteiger partial charge in [-0.25, -0.2) is 19.7 Å². The molecule has 1 amide bonds. The molecule has 0 aliphatic rings. The maximum atomic E-state index is 13.3. The third kappa shape index (κ3) is 5.19. The average Bonchev–Trinajstić information content (AvgIpc) is 3.34. The number of nitrogens with zero attached hydrogens (tertiary/aromatic N) is 4. The van der Waals surface area contributed by atoms with E-state index >= 15 is 0 Å². The molecule has 9 nitrogen and oxygen atoms in total. The lowest BCUT2D eigenvalue weighted by atomic mass is 10.1. The van der Waals surface area contributed by atoms with Gasteiger partial charge in [-0.2, -0.15) is 13.2 Å². The molecule has 3 N–H and O–H groups in total. The fourth-order valence-corrected chi connectivity index (χ4v) is 4.07. The highest BCUT2D eigenvalue weighted by molar-refractivity contribution is 5.96. The number of imidazole rings is 1. The smallest absolute Gasteiger partial charge is 0.417 e. The third-order valence-corrected chi connectivity index (χ3v) is 6.12. The number of methoxy groups -OCH3 is 1. The zero-order chi connectivity index (χ0) is 28.4. The summed E-state index contributed by atoms with van der Waals surface area (Å²) in [4.78, 5) is 36.7. The van der Waals surface area contributed by atoms with Crippen molar-refractivity contribution in [2.24, 2.45) is 0 Å². The van der Waals surface area contributed by atoms with Crippen LogP contribution in [-0.2, 0) is 17.5 Å². The van der Waals surface area contributed by atoms with Crippen molar-refractivity contribution in [3.05, 3.63) is 101 Å². The number of carbonyl (C=O) groups excluding carboxylic acids is 2. The van der Waals surface area contributed by atoms with Gasteiger partial charge in [-0.15, -0.1) is 0 Å². The molecule has 0 aliphatic heterocycles. The summed E-state index contributed by atoms with van der Waals surface area (Å²) in [5.41, 5.74) is 7.88. The van der Waals surface area contributed by atoms with Crippen molar-refractivity contribution in [2.75, 3.05) is 12.8 Å². The van der Waals surface area contributed by atoms with Gasteiger partial charge in [-0.3, -0.25) is 9.36 Å². The minimum absolute atomic E-state index is 0.0441. The molecule has 202 valence electrons. The highest BCUT2D eigenvalue weighted by atomic mass is 19.4. The first kappa shape index (κ1) is 26.4. The van der Waals surface area contributed by atoms with E-state index in [0.717, 1.165) is 17.8 Å². The largest absolute Gasteiger partial charge is 0.465 e. The Bertz CT molecular complexity index is 1710. The summed E-state index contributed by atoms with van der Waals surface area (Å²) in [7, 11) is 1.28. The summed E-state index contributed by atoms with van der Waals surface area (Å²) in [5, 5.41) is 2.81. The molecule has 0 saturated carbocycles. The molecule has 3 aromatic heterocycles. The van der Waals surface area contributed by atoms with Crippen molar-refractivity contribution in [3.63, 3.8) is 0 Å². The Kier molecular flexibility index (Phi) is 6.91. The van der Waals surface area contributed by atoms with Crippen molar-refractivity contribution >= 4 is 28.9 Å². The Labute approximate surface area is 225 Å². The first-order valence-corrected chi connectivity index (χ1v) is 11.9. The van der Waals surface area contributed by atoms with E-state index in [4.69, 9.17) is 5.73 Å². The van der Waals surface area contributed by atoms with Crippen LogP contribution in [-0.4, -0.2) is 38.5 Å². The molecule has 0 spiro atoms. The second-order valence-corrected chi connectivity index (χ2v) is 8.69. The Hall–Kier alpha value is -5.26. The van der Waals surface area contributed by atoms with Gasteiger partial charge in [0, 0.05) is 30.2 Å². The predicted molar refractivity (Wildman–Crippen MR) is 140 cm³/mol. The number of rotatable bonds is 6. The monoisotopic (exact) mass is 546 g/mol. The summed E-state index contributed by atoms with van der Waals surface area (Å²) in [6, 6.07) is 17.3. The molecule has 5 rings (SSSR count). The van der Waals surface area contributed by atoms with Crippen molar-refractivity contribution < 1.29 is 27.5 Å². The number of fused-ring (bicyclic) bond motifs is 1. The third-order valence-electron chi connectivity index (χ3n) is 6.12. The van der Waals surface area contributed by atoms with Gasteiger partial charge >= 0.3 is 12.1 Å². The first-order chi connectivity index (χ1) is 19.2. The molecule has 2 aromatic carbocycles. The fourth-order valence-electron chi connectivity index (χ4n) is 4.07. The molecule has 12 heteroatoms. The number of nitrogens with two attached hydrogens (primary N) is 1. The van der Waals surface area contributed by atoms with Crippen LogP contribution >= 0.6 is 0 Å². The lowest BCUT2D eigenvalue weighted by Gasteiger charge is -2.12. The standard InChI is InChI=1S/C28H21F3N6O3/c1-40-27(39)18-8-6-17(7-9-18)26(38)35-14-16-4-10-20(11-5-16)37-24(21-3-2-12-33-23(21)32)36-22-13-19(28(29,30)31)15-34-25(22)37/h2-13,15H,14H2,1H3,(H2,32,33)(H,35,38). The average molecular weight is 547 g/mol. The topological polar surface area (TPSA) is 125 Å². The molecule has 0 atom stereocenters. The fraction of sp³-hybridized carbons (Fsp3) is 0.107. The van der Waals surface area contributed by atoms with E-state index in [1.165, 1.54) is 37.6 Å². The number of ether oxygens (including phenoxy) is 1. The molecular weight excluding hydrogens is 525 g/mol. The number of alkyl halides is 3. The lowest BCUT2D eigenvalue weighted by molar-refractivity contribution is -0.137. The summed E-state index contributed by atoms with van der Waals surface area (Å²) in [5.74, 6) is -0.388. The second-order valence-electron chi connectivity index (χ2n) is 8.69. The van der Waals surface area contributed by atoms with Gasteiger partial charge in [0.25, 0.3) is 5.91 Å². The van der Waals surface area contributed by atoms with Gasteiger partial charge in [0.2, 0.25) is 0 Å². The van der Waals surface area contributed by atoms with Crippen LogP contribution in [0.2, 0.25) is 0 Å². The predicted octanol–water partition coefficient (Wildman–Crippen LogP) is 4.80. The summed E-state index contributed by atoms with van der Waals surface area (Å²) in [6.07, 6.45) is -2.31. The SMILES string of the molecule is COC(=O)c1ccc(C(=O)NCc2ccc(-n3c(-c4cccnc4N)nc4cc(C(F)(F)F)cnc43)cc2)cc1. The second kappa shape index (κ2) is 10.5. The number of carbonyl (C=O) groups is 2. The zero-order valence-corrected chi connectivity index (χ0v) is 20.9. The van der Waals surface area contributed by atoms with Crippen LogP contribution in [0.15, 0.2) is 79.1 Å². The van der Waals surface area contributed by atoms with Crippen LogP contribution in [0.4, 0.5) is 19.0 Å². The molecule has 0 bridgehead atoms. The van der Waals surface area contributed by atoms with E-state index in [2.05, 4.69) is 25.0 Å². The van der Waals surface area contributed by atoms with Gasteiger partial charge in [0.1, 0.15) is 11.3 Å². The summed E-state index contributed by atoms with van der Waals surface area (Å²) >= 11 is 0. The highest BCUT2D eigenvalue weighted by Crippen LogP contribution is 2.34. The van der Waals surface area contributed by atoms with E-state index in [1.807, 2.05) is 0 Å². The minimum Gasteiger partial charge on any atom is -0.465 e. The number of hydrogen-bond donors (Lipinski definition) is 2. The Morgan fingerprint density at radius 2 is 1.70 bits per heavy atom. The number of amides is 1. The molecule has 0 aliphatic carbocycles. The molecular formula is C28H21F3N6O3. The van der Waals surface area contributed by atoms with Gasteiger partial charge < -0.3 is 15.8 Å². The Morgan fingerprint density at radius 1 is 1.00 bits per heavy atom. The summed E-state index contributed by atoms with van der Waals surface area (Å²) in [6.45, 7) is 0.206. The van der Waals surface area contributed by atoms with Crippen LogP contribution < -0.4 is 11.1 Å². The maximum Gasteiger partial charge on any atom is 0.417 e. The summed E-state index contributed by atoms with van der Waals surface area (Å²) < 4.78 is 46.2. The quantitative estimate of drug-likeness (QED) is 0.293. The molecule has 0 radical (unpaired) electrons. The molecule has 5 aromatic rings. The van der Waals surface area contributed by atoms with Gasteiger partial charge in [-0.05, 0) is 60.2 Å². The van der Waals surface area contributed by atoms with Crippen LogP contribution in [0, 0.1) is 0 Å². The van der Waals surface area contributed by atoms with Gasteiger partial charge in [0.05, 0.1) is 23.8 Å². The van der Waals surface area contributed by atoms with E-state index in [1.54, 1.807) is 41.0 Å². The van der Waals surface area contributed by atoms with Crippen LogP contribution in [0.1, 0.15) is 31.8 Å². The zero-order valence-electron chi connectivity index (χ0n) is 20.9. The van der Waals surface area contributed by atoms with Crippen LogP contribution in [0.25, 0.3) is 28.2 Å². The van der Waals surface area contributed by atoms with Crippen molar-refractivity contribution in [3.8, 4) is 17.1 Å². The van der Waals surface area contributed by atoms with Crippen molar-refractivity contribution in [2.45, 2.75) is 12.7 Å². The molecule has 0 unspecified atom stereocenters. The number of aromatic nitrogens is 4. The van der Waals surface area contributed by atoms with Gasteiger partial charge in [0.15, 0.2) is 11.5 Å². The number of pyridine rings is 2. The lowest BCUT2D eigenvalue weighted by Crippen LogP contribution is -2.22. The van der Waals surface area contributed by atoms with E-state index < -0.39 is 17.7 Å². The first-order valence-electron chi connectivity index (χ1n) is 11.9. The molecule has 0 fully saturated rings. The highest BCUT2D eigenvalue weighted by Gasteiger charge is 2.32. The number of nitrogen functional groups attached to an aromatic ring is 1. The number of halogens is 3. The van der Waals surface area contributed by atoms with E-state index in [-0.39, 0.29) is 35.3 Å². The number of hydrogen-bond acceptors (Lipinski definition) is 7. The normalized spacial score (nSPS) is 11.4. The number of esters is 1.